The van der Waals surface area contributed by atoms with Crippen LogP contribution in [0.2, 0.25) is 0 Å². The number of nitrogens with two attached hydrogens (primary N) is 1. The van der Waals surface area contributed by atoms with Crippen molar-refractivity contribution in [2.75, 3.05) is 11.6 Å². The fraction of sp³-hybridized carbons (Fsp3) is 0.417. The first kappa shape index (κ1) is 11.9. The SMILES string of the molecule is CC1CC(=O)NN1c1ccccc1C(O)CN. The molecule has 17 heavy (non-hydrogen) atoms. The van der Waals surface area contributed by atoms with Crippen molar-refractivity contribution in [1.29, 1.82) is 0 Å². The van der Waals surface area contributed by atoms with Gasteiger partial charge < -0.3 is 10.8 Å². The van der Waals surface area contributed by atoms with Gasteiger partial charge in [-0.2, -0.15) is 0 Å². The van der Waals surface area contributed by atoms with Crippen LogP contribution in [0.3, 0.4) is 0 Å². The van der Waals surface area contributed by atoms with Gasteiger partial charge in [-0.15, -0.1) is 0 Å². The Morgan fingerprint density at radius 2 is 2.29 bits per heavy atom. The molecule has 1 fully saturated rings. The van der Waals surface area contributed by atoms with E-state index < -0.39 is 6.10 Å². The Bertz CT molecular complexity index is 422. The van der Waals surface area contributed by atoms with Crippen LogP contribution >= 0.6 is 0 Å². The van der Waals surface area contributed by atoms with Crippen molar-refractivity contribution >= 4 is 11.6 Å². The van der Waals surface area contributed by atoms with Crippen LogP contribution in [0.5, 0.6) is 0 Å². The summed E-state index contributed by atoms with van der Waals surface area (Å²) in [6.07, 6.45) is -0.247. The molecule has 1 aliphatic heterocycles. The van der Waals surface area contributed by atoms with Crippen LogP contribution in [0.25, 0.3) is 0 Å². The second kappa shape index (κ2) is 4.73. The number of para-hydroxylation sites is 1. The smallest absolute Gasteiger partial charge is 0.240 e. The fourth-order valence-corrected chi connectivity index (χ4v) is 2.06. The highest BCUT2D eigenvalue weighted by atomic mass is 16.3. The van der Waals surface area contributed by atoms with Crippen LogP contribution in [-0.4, -0.2) is 23.6 Å². The Kier molecular flexibility index (Phi) is 3.31. The number of hydrogen-bond acceptors (Lipinski definition) is 4. The van der Waals surface area contributed by atoms with Crippen molar-refractivity contribution in [3.8, 4) is 0 Å². The molecule has 2 rings (SSSR count). The molecule has 1 saturated heterocycles. The molecule has 5 nitrogen and oxygen atoms in total. The zero-order valence-corrected chi connectivity index (χ0v) is 9.76. The average molecular weight is 235 g/mol. The van der Waals surface area contributed by atoms with Crippen LogP contribution in [0.4, 0.5) is 5.69 Å². The minimum absolute atomic E-state index is 0.00505. The van der Waals surface area contributed by atoms with E-state index in [2.05, 4.69) is 5.43 Å². The van der Waals surface area contributed by atoms with E-state index in [4.69, 9.17) is 5.73 Å². The summed E-state index contributed by atoms with van der Waals surface area (Å²) in [5.74, 6) is -0.00505. The van der Waals surface area contributed by atoms with Gasteiger partial charge in [-0.1, -0.05) is 18.2 Å². The third-order valence-corrected chi connectivity index (χ3v) is 2.95. The van der Waals surface area contributed by atoms with Crippen molar-refractivity contribution < 1.29 is 9.90 Å². The van der Waals surface area contributed by atoms with Gasteiger partial charge >= 0.3 is 0 Å². The summed E-state index contributed by atoms with van der Waals surface area (Å²) in [6, 6.07) is 7.49. The van der Waals surface area contributed by atoms with Gasteiger partial charge in [0.1, 0.15) is 0 Å². The summed E-state index contributed by atoms with van der Waals surface area (Å²) in [4.78, 5) is 11.3. The van der Waals surface area contributed by atoms with Gasteiger partial charge in [-0.05, 0) is 13.0 Å². The first-order chi connectivity index (χ1) is 8.13. The molecule has 0 saturated carbocycles. The lowest BCUT2D eigenvalue weighted by Gasteiger charge is -2.26. The lowest BCUT2D eigenvalue weighted by atomic mass is 10.1. The highest BCUT2D eigenvalue weighted by Crippen LogP contribution is 2.28. The number of aliphatic hydroxyl groups is 1. The van der Waals surface area contributed by atoms with Gasteiger partial charge in [-0.25, -0.2) is 0 Å². The summed E-state index contributed by atoms with van der Waals surface area (Å²) in [5, 5.41) is 11.6. The summed E-state index contributed by atoms with van der Waals surface area (Å²) >= 11 is 0. The molecule has 1 aromatic rings. The predicted molar refractivity (Wildman–Crippen MR) is 65.2 cm³/mol. The van der Waals surface area contributed by atoms with Crippen LogP contribution in [0, 0.1) is 0 Å². The monoisotopic (exact) mass is 235 g/mol. The first-order valence-electron chi connectivity index (χ1n) is 5.69. The van der Waals surface area contributed by atoms with Crippen molar-refractivity contribution in [1.82, 2.24) is 5.43 Å². The molecule has 0 radical (unpaired) electrons. The molecule has 1 heterocycles. The fourth-order valence-electron chi connectivity index (χ4n) is 2.06. The second-order valence-electron chi connectivity index (χ2n) is 4.27. The van der Waals surface area contributed by atoms with Gasteiger partial charge in [0.15, 0.2) is 0 Å². The van der Waals surface area contributed by atoms with E-state index in [-0.39, 0.29) is 18.5 Å². The van der Waals surface area contributed by atoms with E-state index >= 15 is 0 Å². The number of aliphatic hydroxyl groups excluding tert-OH is 1. The lowest BCUT2D eigenvalue weighted by molar-refractivity contribution is -0.119. The van der Waals surface area contributed by atoms with Gasteiger partial charge in [0.2, 0.25) is 5.91 Å². The summed E-state index contributed by atoms with van der Waals surface area (Å²) in [5.41, 5.74) is 9.81. The molecule has 92 valence electrons. The third kappa shape index (κ3) is 2.25. The molecule has 1 aliphatic rings. The number of carbonyl (C=O) groups is 1. The molecule has 4 N–H and O–H groups in total. The second-order valence-corrected chi connectivity index (χ2v) is 4.27. The molecule has 0 spiro atoms. The predicted octanol–water partition coefficient (Wildman–Crippen LogP) is 0.309. The minimum atomic E-state index is -0.712. The topological polar surface area (TPSA) is 78.6 Å². The van der Waals surface area contributed by atoms with Crippen molar-refractivity contribution in [2.45, 2.75) is 25.5 Å². The normalized spacial score (nSPS) is 21.5. The summed E-state index contributed by atoms with van der Waals surface area (Å²) < 4.78 is 0. The van der Waals surface area contributed by atoms with E-state index in [1.54, 1.807) is 5.01 Å². The Balaban J connectivity index is 2.35. The van der Waals surface area contributed by atoms with Gasteiger partial charge in [0, 0.05) is 12.1 Å². The van der Waals surface area contributed by atoms with Crippen molar-refractivity contribution in [3.05, 3.63) is 29.8 Å². The maximum Gasteiger partial charge on any atom is 0.240 e. The number of carbonyl (C=O) groups excluding carboxylic acids is 1. The molecule has 5 heteroatoms. The Morgan fingerprint density at radius 3 is 2.88 bits per heavy atom. The first-order valence-corrected chi connectivity index (χ1v) is 5.69. The lowest BCUT2D eigenvalue weighted by Crippen LogP contribution is -2.38. The molecule has 0 aromatic heterocycles. The molecule has 1 amide bonds. The highest BCUT2D eigenvalue weighted by Gasteiger charge is 2.28. The Morgan fingerprint density at radius 1 is 1.59 bits per heavy atom. The number of hydrogen-bond donors (Lipinski definition) is 3. The zero-order valence-electron chi connectivity index (χ0n) is 9.76. The largest absolute Gasteiger partial charge is 0.387 e. The van der Waals surface area contributed by atoms with Gasteiger partial charge in [0.05, 0.1) is 24.3 Å². The number of nitrogens with zero attached hydrogens (tertiary/aromatic N) is 1. The molecule has 2 atom stereocenters. The van der Waals surface area contributed by atoms with Crippen molar-refractivity contribution in [2.24, 2.45) is 5.73 Å². The van der Waals surface area contributed by atoms with E-state index in [0.717, 1.165) is 11.3 Å². The molecule has 0 aliphatic carbocycles. The standard InChI is InChI=1S/C12H17N3O2/c1-8-6-12(17)14-15(8)10-5-3-2-4-9(10)11(16)7-13/h2-5,8,11,16H,6-7,13H2,1H3,(H,14,17). The quantitative estimate of drug-likeness (QED) is 0.704. The number of amides is 1. The molecule has 0 bridgehead atoms. The van der Waals surface area contributed by atoms with E-state index in [1.807, 2.05) is 31.2 Å². The van der Waals surface area contributed by atoms with E-state index in [0.29, 0.717) is 6.42 Å². The van der Waals surface area contributed by atoms with Crippen LogP contribution in [0.15, 0.2) is 24.3 Å². The number of benzene rings is 1. The van der Waals surface area contributed by atoms with E-state index in [9.17, 15) is 9.90 Å². The summed E-state index contributed by atoms with van der Waals surface area (Å²) in [7, 11) is 0. The number of rotatable bonds is 3. The minimum Gasteiger partial charge on any atom is -0.387 e. The maximum atomic E-state index is 11.3. The number of nitrogens with one attached hydrogen (secondary N) is 1. The van der Waals surface area contributed by atoms with Crippen molar-refractivity contribution in [3.63, 3.8) is 0 Å². The molecular weight excluding hydrogens is 218 g/mol. The zero-order chi connectivity index (χ0) is 12.4. The highest BCUT2D eigenvalue weighted by molar-refractivity contribution is 5.83. The molecule has 1 aromatic carbocycles. The van der Waals surface area contributed by atoms with Crippen LogP contribution in [0.1, 0.15) is 25.0 Å². The summed E-state index contributed by atoms with van der Waals surface area (Å²) in [6.45, 7) is 2.12. The number of hydrazine groups is 1. The van der Waals surface area contributed by atoms with E-state index in [1.165, 1.54) is 0 Å². The van der Waals surface area contributed by atoms with Gasteiger partial charge in [-0.3, -0.25) is 15.2 Å². The molecular formula is C12H17N3O2. The number of anilines is 1. The molecule has 2 unspecified atom stereocenters. The Hall–Kier alpha value is -1.59. The van der Waals surface area contributed by atoms with Crippen LogP contribution in [-0.2, 0) is 4.79 Å². The van der Waals surface area contributed by atoms with Crippen LogP contribution < -0.4 is 16.2 Å². The Labute approximate surface area is 100 Å². The van der Waals surface area contributed by atoms with Gasteiger partial charge in [0.25, 0.3) is 0 Å². The maximum absolute atomic E-state index is 11.3. The third-order valence-electron chi connectivity index (χ3n) is 2.95. The average Bonchev–Trinajstić information content (AvgIpc) is 2.67.